The summed E-state index contributed by atoms with van der Waals surface area (Å²) < 4.78 is 5.43. The topological polar surface area (TPSA) is 50.4 Å². The van der Waals surface area contributed by atoms with E-state index < -0.39 is 0 Å². The van der Waals surface area contributed by atoms with Crippen LogP contribution in [0.2, 0.25) is 0 Å². The number of carbonyl (C=O) groups excluding carboxylic acids is 1. The first-order chi connectivity index (χ1) is 6.86. The van der Waals surface area contributed by atoms with Gasteiger partial charge in [0.25, 0.3) is 0 Å². The molecule has 0 aliphatic carbocycles. The average Bonchev–Trinajstić information content (AvgIpc) is 2.87. The van der Waals surface area contributed by atoms with Crippen LogP contribution < -0.4 is 10.6 Å². The Morgan fingerprint density at radius 3 is 3.00 bits per heavy atom. The van der Waals surface area contributed by atoms with Crippen LogP contribution in [0.3, 0.4) is 0 Å². The van der Waals surface area contributed by atoms with Crippen molar-refractivity contribution in [2.45, 2.75) is 37.8 Å². The smallest absolute Gasteiger partial charge is 0.237 e. The van der Waals surface area contributed by atoms with Gasteiger partial charge in [-0.2, -0.15) is 0 Å². The standard InChI is InChI=1S/C10H18N2O2/c13-10(9-4-1-5-11-9)12-7-8-3-2-6-14-8/h8-9,11H,1-7H2,(H,12,13)/t8?,9-/m0/s1. The van der Waals surface area contributed by atoms with Crippen LogP contribution in [0.5, 0.6) is 0 Å². The first kappa shape index (κ1) is 9.93. The SMILES string of the molecule is O=C(NCC1CCCO1)[C@@H]1CCCN1. The highest BCUT2D eigenvalue weighted by Crippen LogP contribution is 2.11. The van der Waals surface area contributed by atoms with Gasteiger partial charge in [0.05, 0.1) is 12.1 Å². The van der Waals surface area contributed by atoms with Crippen LogP contribution in [0.4, 0.5) is 0 Å². The van der Waals surface area contributed by atoms with Crippen LogP contribution in [-0.2, 0) is 9.53 Å². The fraction of sp³-hybridized carbons (Fsp3) is 0.900. The summed E-state index contributed by atoms with van der Waals surface area (Å²) >= 11 is 0. The second-order valence-electron chi connectivity index (χ2n) is 4.03. The minimum atomic E-state index is 0.0383. The van der Waals surface area contributed by atoms with Crippen LogP contribution in [0.25, 0.3) is 0 Å². The maximum atomic E-state index is 11.6. The van der Waals surface area contributed by atoms with Gasteiger partial charge in [-0.1, -0.05) is 0 Å². The molecule has 4 nitrogen and oxygen atoms in total. The lowest BCUT2D eigenvalue weighted by Gasteiger charge is -2.14. The molecule has 2 atom stereocenters. The Morgan fingerprint density at radius 2 is 2.36 bits per heavy atom. The Labute approximate surface area is 84.4 Å². The van der Waals surface area contributed by atoms with Gasteiger partial charge in [0.15, 0.2) is 0 Å². The van der Waals surface area contributed by atoms with Crippen LogP contribution in [-0.4, -0.2) is 37.7 Å². The van der Waals surface area contributed by atoms with Crippen LogP contribution in [0.15, 0.2) is 0 Å². The van der Waals surface area contributed by atoms with Crippen molar-refractivity contribution >= 4 is 5.91 Å². The molecule has 80 valence electrons. The largest absolute Gasteiger partial charge is 0.376 e. The molecule has 0 bridgehead atoms. The molecule has 14 heavy (non-hydrogen) atoms. The van der Waals surface area contributed by atoms with Crippen molar-refractivity contribution in [3.63, 3.8) is 0 Å². The number of ether oxygens (including phenoxy) is 1. The Balaban J connectivity index is 1.66. The van der Waals surface area contributed by atoms with Crippen molar-refractivity contribution in [3.05, 3.63) is 0 Å². The molecule has 2 aliphatic heterocycles. The third kappa shape index (κ3) is 2.45. The molecule has 2 aliphatic rings. The first-order valence-electron chi connectivity index (χ1n) is 5.49. The lowest BCUT2D eigenvalue weighted by Crippen LogP contribution is -2.43. The quantitative estimate of drug-likeness (QED) is 0.673. The highest BCUT2D eigenvalue weighted by molar-refractivity contribution is 5.81. The monoisotopic (exact) mass is 198 g/mol. The molecular formula is C10H18N2O2. The van der Waals surface area contributed by atoms with E-state index >= 15 is 0 Å². The molecule has 2 rings (SSSR count). The number of hydrogen-bond acceptors (Lipinski definition) is 3. The molecule has 0 saturated carbocycles. The van der Waals surface area contributed by atoms with E-state index in [2.05, 4.69) is 10.6 Å². The van der Waals surface area contributed by atoms with Crippen LogP contribution in [0, 0.1) is 0 Å². The summed E-state index contributed by atoms with van der Waals surface area (Å²) in [4.78, 5) is 11.6. The molecule has 4 heteroatoms. The number of nitrogens with one attached hydrogen (secondary N) is 2. The van der Waals surface area contributed by atoms with Crippen LogP contribution >= 0.6 is 0 Å². The van der Waals surface area contributed by atoms with Gasteiger partial charge in [-0.05, 0) is 32.2 Å². The summed E-state index contributed by atoms with van der Waals surface area (Å²) in [6.07, 6.45) is 4.54. The van der Waals surface area contributed by atoms with Crippen molar-refractivity contribution in [2.75, 3.05) is 19.7 Å². The maximum absolute atomic E-state index is 11.6. The maximum Gasteiger partial charge on any atom is 0.237 e. The van der Waals surface area contributed by atoms with Crippen molar-refractivity contribution in [1.82, 2.24) is 10.6 Å². The summed E-state index contributed by atoms with van der Waals surface area (Å²) in [6, 6.07) is 0.0383. The zero-order valence-electron chi connectivity index (χ0n) is 8.42. The molecule has 2 fully saturated rings. The van der Waals surface area contributed by atoms with Crippen molar-refractivity contribution in [1.29, 1.82) is 0 Å². The summed E-state index contributed by atoms with van der Waals surface area (Å²) in [5.74, 6) is 0.137. The third-order valence-electron chi connectivity index (χ3n) is 2.90. The number of hydrogen-bond donors (Lipinski definition) is 2. The van der Waals surface area contributed by atoms with E-state index in [1.165, 1.54) is 0 Å². The molecule has 0 aromatic carbocycles. The van der Waals surface area contributed by atoms with Gasteiger partial charge in [0.2, 0.25) is 5.91 Å². The molecule has 0 aromatic heterocycles. The first-order valence-corrected chi connectivity index (χ1v) is 5.49. The molecule has 1 amide bonds. The van der Waals surface area contributed by atoms with Gasteiger partial charge >= 0.3 is 0 Å². The molecule has 0 radical (unpaired) electrons. The molecule has 0 spiro atoms. The fourth-order valence-electron chi connectivity index (χ4n) is 2.05. The van der Waals surface area contributed by atoms with E-state index in [0.29, 0.717) is 6.54 Å². The minimum absolute atomic E-state index is 0.0383. The Hall–Kier alpha value is -0.610. The van der Waals surface area contributed by atoms with Gasteiger partial charge in [0.1, 0.15) is 0 Å². The summed E-state index contributed by atoms with van der Waals surface area (Å²) in [6.45, 7) is 2.50. The highest BCUT2D eigenvalue weighted by atomic mass is 16.5. The Morgan fingerprint density at radius 1 is 1.43 bits per heavy atom. The van der Waals surface area contributed by atoms with Crippen molar-refractivity contribution in [2.24, 2.45) is 0 Å². The van der Waals surface area contributed by atoms with E-state index in [1.54, 1.807) is 0 Å². The lowest BCUT2D eigenvalue weighted by molar-refractivity contribution is -0.123. The number of rotatable bonds is 3. The Bertz CT molecular complexity index is 196. The molecule has 2 N–H and O–H groups in total. The van der Waals surface area contributed by atoms with Gasteiger partial charge in [-0.15, -0.1) is 0 Å². The van der Waals surface area contributed by atoms with Gasteiger partial charge in [-0.25, -0.2) is 0 Å². The predicted molar refractivity (Wildman–Crippen MR) is 53.0 cm³/mol. The molecule has 2 heterocycles. The van der Waals surface area contributed by atoms with Gasteiger partial charge in [0, 0.05) is 13.2 Å². The zero-order valence-corrected chi connectivity index (χ0v) is 8.42. The molecule has 1 unspecified atom stereocenters. The number of carbonyl (C=O) groups is 1. The zero-order chi connectivity index (χ0) is 9.80. The highest BCUT2D eigenvalue weighted by Gasteiger charge is 2.23. The summed E-state index contributed by atoms with van der Waals surface area (Å²) in [7, 11) is 0. The van der Waals surface area contributed by atoms with Gasteiger partial charge in [-0.3, -0.25) is 4.79 Å². The summed E-state index contributed by atoms with van der Waals surface area (Å²) in [5.41, 5.74) is 0. The fourth-order valence-corrected chi connectivity index (χ4v) is 2.05. The average molecular weight is 198 g/mol. The van der Waals surface area contributed by atoms with E-state index in [9.17, 15) is 4.79 Å². The van der Waals surface area contributed by atoms with Crippen molar-refractivity contribution in [3.8, 4) is 0 Å². The Kier molecular flexibility index (Phi) is 3.37. The molecule has 0 aromatic rings. The normalized spacial score (nSPS) is 32.0. The predicted octanol–water partition coefficient (Wildman–Crippen LogP) is 0.0336. The molecular weight excluding hydrogens is 180 g/mol. The summed E-state index contributed by atoms with van der Waals surface area (Å²) in [5, 5.41) is 6.12. The van der Waals surface area contributed by atoms with Gasteiger partial charge < -0.3 is 15.4 Å². The van der Waals surface area contributed by atoms with E-state index in [4.69, 9.17) is 4.74 Å². The van der Waals surface area contributed by atoms with E-state index in [0.717, 1.165) is 38.8 Å². The number of amides is 1. The second kappa shape index (κ2) is 4.75. The second-order valence-corrected chi connectivity index (χ2v) is 4.03. The van der Waals surface area contributed by atoms with Crippen molar-refractivity contribution < 1.29 is 9.53 Å². The van der Waals surface area contributed by atoms with E-state index in [1.807, 2.05) is 0 Å². The molecule has 2 saturated heterocycles. The van der Waals surface area contributed by atoms with Crippen LogP contribution in [0.1, 0.15) is 25.7 Å². The minimum Gasteiger partial charge on any atom is -0.376 e. The third-order valence-corrected chi connectivity index (χ3v) is 2.90. The van der Waals surface area contributed by atoms with E-state index in [-0.39, 0.29) is 18.1 Å². The lowest BCUT2D eigenvalue weighted by atomic mass is 10.2.